The largest absolute Gasteiger partial charge is 0.494 e. The van der Waals surface area contributed by atoms with Crippen LogP contribution in [0.5, 0.6) is 11.5 Å². The maximum absolute atomic E-state index is 12.2. The molecule has 132 valence electrons. The number of thiocarbonyl (C=S) groups is 1. The minimum absolute atomic E-state index is 0.228. The van der Waals surface area contributed by atoms with Crippen LogP contribution in [0.25, 0.3) is 0 Å². The van der Waals surface area contributed by atoms with E-state index in [9.17, 15) is 4.79 Å². The van der Waals surface area contributed by atoms with Crippen molar-refractivity contribution in [2.45, 2.75) is 20.3 Å². The number of carbonyl (C=O) groups is 1. The van der Waals surface area contributed by atoms with Gasteiger partial charge in [-0.25, -0.2) is 0 Å². The summed E-state index contributed by atoms with van der Waals surface area (Å²) in [7, 11) is 0. The molecule has 2 aromatic carbocycles. The fraction of sp³-hybridized carbons (Fsp3) is 0.263. The smallest absolute Gasteiger partial charge is 0.257 e. The highest BCUT2D eigenvalue weighted by Gasteiger charge is 2.08. The van der Waals surface area contributed by atoms with Crippen LogP contribution in [0.4, 0.5) is 5.69 Å². The minimum Gasteiger partial charge on any atom is -0.494 e. The third-order valence-electron chi connectivity index (χ3n) is 3.22. The van der Waals surface area contributed by atoms with Crippen molar-refractivity contribution in [3.63, 3.8) is 0 Å². The lowest BCUT2D eigenvalue weighted by Crippen LogP contribution is -2.34. The van der Waals surface area contributed by atoms with E-state index in [-0.39, 0.29) is 11.0 Å². The van der Waals surface area contributed by atoms with Crippen molar-refractivity contribution in [3.8, 4) is 11.5 Å². The summed E-state index contributed by atoms with van der Waals surface area (Å²) in [4.78, 5) is 12.2. The van der Waals surface area contributed by atoms with Crippen molar-refractivity contribution >= 4 is 28.9 Å². The lowest BCUT2D eigenvalue weighted by Gasteiger charge is -2.11. The number of nitrogens with one attached hydrogen (secondary N) is 2. The van der Waals surface area contributed by atoms with E-state index in [1.165, 1.54) is 0 Å². The molecule has 0 aliphatic heterocycles. The molecule has 0 fully saturated rings. The Kier molecular flexibility index (Phi) is 7.22. The van der Waals surface area contributed by atoms with E-state index in [4.69, 9.17) is 21.7 Å². The van der Waals surface area contributed by atoms with Crippen LogP contribution >= 0.6 is 12.2 Å². The Labute approximate surface area is 153 Å². The molecule has 1 amide bonds. The molecule has 0 heterocycles. The lowest BCUT2D eigenvalue weighted by molar-refractivity contribution is 0.0977. The van der Waals surface area contributed by atoms with Gasteiger partial charge in [-0.2, -0.15) is 0 Å². The molecule has 0 aliphatic carbocycles. The minimum atomic E-state index is -0.279. The lowest BCUT2D eigenvalue weighted by atomic mass is 10.2. The fourth-order valence-corrected chi connectivity index (χ4v) is 2.30. The highest BCUT2D eigenvalue weighted by Crippen LogP contribution is 2.17. The third kappa shape index (κ3) is 6.08. The number of anilines is 1. The first-order valence-corrected chi connectivity index (χ1v) is 8.61. The molecule has 0 radical (unpaired) electrons. The van der Waals surface area contributed by atoms with Crippen molar-refractivity contribution < 1.29 is 14.3 Å². The van der Waals surface area contributed by atoms with Gasteiger partial charge in [0.15, 0.2) is 5.11 Å². The average Bonchev–Trinajstić information content (AvgIpc) is 2.61. The standard InChI is InChI=1S/C19H22N2O3S/c1-3-12-24-17-7-5-6-15(13-17)20-19(25)21-18(22)14-8-10-16(11-9-14)23-4-2/h5-11,13H,3-4,12H2,1-2H3,(H2,20,21,22,25). The Bertz CT molecular complexity index is 717. The summed E-state index contributed by atoms with van der Waals surface area (Å²) in [5.41, 5.74) is 1.26. The number of hydrogen-bond donors (Lipinski definition) is 2. The van der Waals surface area contributed by atoms with Crippen LogP contribution in [0.3, 0.4) is 0 Å². The molecule has 0 atom stereocenters. The van der Waals surface area contributed by atoms with Gasteiger partial charge in [-0.05, 0) is 62.0 Å². The van der Waals surface area contributed by atoms with E-state index in [1.54, 1.807) is 24.3 Å². The Balaban J connectivity index is 1.91. The SMILES string of the molecule is CCCOc1cccc(NC(=S)NC(=O)c2ccc(OCC)cc2)c1. The Morgan fingerprint density at radius 3 is 2.48 bits per heavy atom. The summed E-state index contributed by atoms with van der Waals surface area (Å²) < 4.78 is 10.9. The molecule has 0 spiro atoms. The molecular weight excluding hydrogens is 336 g/mol. The van der Waals surface area contributed by atoms with E-state index < -0.39 is 0 Å². The molecular formula is C19H22N2O3S. The zero-order valence-corrected chi connectivity index (χ0v) is 15.2. The van der Waals surface area contributed by atoms with Gasteiger partial charge >= 0.3 is 0 Å². The van der Waals surface area contributed by atoms with Crippen LogP contribution in [0.1, 0.15) is 30.6 Å². The summed E-state index contributed by atoms with van der Waals surface area (Å²) in [6, 6.07) is 14.3. The molecule has 0 bridgehead atoms. The Morgan fingerprint density at radius 1 is 1.04 bits per heavy atom. The normalized spacial score (nSPS) is 10.0. The predicted octanol–water partition coefficient (Wildman–Crippen LogP) is 4.00. The van der Waals surface area contributed by atoms with Crippen molar-refractivity contribution in [2.24, 2.45) is 0 Å². The second-order valence-corrected chi connectivity index (χ2v) is 5.65. The van der Waals surface area contributed by atoms with Crippen molar-refractivity contribution in [1.82, 2.24) is 5.32 Å². The molecule has 0 unspecified atom stereocenters. The fourth-order valence-electron chi connectivity index (χ4n) is 2.09. The monoisotopic (exact) mass is 358 g/mol. The van der Waals surface area contributed by atoms with Gasteiger partial charge in [0.1, 0.15) is 11.5 Å². The van der Waals surface area contributed by atoms with E-state index in [0.717, 1.165) is 23.6 Å². The maximum atomic E-state index is 12.2. The van der Waals surface area contributed by atoms with E-state index >= 15 is 0 Å². The molecule has 0 saturated heterocycles. The molecule has 0 aromatic heterocycles. The quantitative estimate of drug-likeness (QED) is 0.733. The van der Waals surface area contributed by atoms with Crippen molar-refractivity contribution in [1.29, 1.82) is 0 Å². The number of rotatable bonds is 7. The highest BCUT2D eigenvalue weighted by atomic mass is 32.1. The van der Waals surface area contributed by atoms with Crippen LogP contribution in [-0.4, -0.2) is 24.2 Å². The van der Waals surface area contributed by atoms with Crippen molar-refractivity contribution in [2.75, 3.05) is 18.5 Å². The molecule has 25 heavy (non-hydrogen) atoms. The zero-order chi connectivity index (χ0) is 18.1. The topological polar surface area (TPSA) is 59.6 Å². The molecule has 5 nitrogen and oxygen atoms in total. The number of hydrogen-bond acceptors (Lipinski definition) is 4. The number of carbonyl (C=O) groups excluding carboxylic acids is 1. The van der Waals surface area contributed by atoms with Crippen LogP contribution in [0.2, 0.25) is 0 Å². The molecule has 2 rings (SSSR count). The van der Waals surface area contributed by atoms with Crippen LogP contribution in [0.15, 0.2) is 48.5 Å². The summed E-state index contributed by atoms with van der Waals surface area (Å²) in [5, 5.41) is 5.87. The van der Waals surface area contributed by atoms with Gasteiger partial charge in [-0.1, -0.05) is 13.0 Å². The van der Waals surface area contributed by atoms with Gasteiger partial charge in [0.05, 0.1) is 13.2 Å². The Morgan fingerprint density at radius 2 is 1.80 bits per heavy atom. The van der Waals surface area contributed by atoms with E-state index in [2.05, 4.69) is 10.6 Å². The summed E-state index contributed by atoms with van der Waals surface area (Å²) in [6.45, 7) is 5.20. The first-order valence-electron chi connectivity index (χ1n) is 8.20. The Hall–Kier alpha value is -2.60. The van der Waals surface area contributed by atoms with Gasteiger partial charge < -0.3 is 14.8 Å². The highest BCUT2D eigenvalue weighted by molar-refractivity contribution is 7.80. The van der Waals surface area contributed by atoms with Gasteiger partial charge in [0, 0.05) is 17.3 Å². The third-order valence-corrected chi connectivity index (χ3v) is 3.42. The zero-order valence-electron chi connectivity index (χ0n) is 14.4. The van der Waals surface area contributed by atoms with Gasteiger partial charge in [0.2, 0.25) is 0 Å². The van der Waals surface area contributed by atoms with E-state index in [1.807, 2.05) is 38.1 Å². The van der Waals surface area contributed by atoms with Crippen LogP contribution in [-0.2, 0) is 0 Å². The first-order chi connectivity index (χ1) is 12.1. The molecule has 0 aliphatic rings. The molecule has 2 N–H and O–H groups in total. The first kappa shape index (κ1) is 18.7. The van der Waals surface area contributed by atoms with Gasteiger partial charge in [-0.3, -0.25) is 10.1 Å². The van der Waals surface area contributed by atoms with Crippen LogP contribution < -0.4 is 20.1 Å². The van der Waals surface area contributed by atoms with Gasteiger partial charge in [0.25, 0.3) is 5.91 Å². The number of ether oxygens (including phenoxy) is 2. The number of amides is 1. The van der Waals surface area contributed by atoms with E-state index in [0.29, 0.717) is 18.8 Å². The molecule has 0 saturated carbocycles. The summed E-state index contributed by atoms with van der Waals surface area (Å²) in [6.07, 6.45) is 0.939. The average molecular weight is 358 g/mol. The van der Waals surface area contributed by atoms with Crippen LogP contribution in [0, 0.1) is 0 Å². The second-order valence-electron chi connectivity index (χ2n) is 5.24. The summed E-state index contributed by atoms with van der Waals surface area (Å²) >= 11 is 5.20. The molecule has 6 heteroatoms. The van der Waals surface area contributed by atoms with Crippen molar-refractivity contribution in [3.05, 3.63) is 54.1 Å². The van der Waals surface area contributed by atoms with Gasteiger partial charge in [-0.15, -0.1) is 0 Å². The molecule has 2 aromatic rings. The second kappa shape index (κ2) is 9.64. The summed E-state index contributed by atoms with van der Waals surface area (Å²) in [5.74, 6) is 1.20. The maximum Gasteiger partial charge on any atom is 0.257 e. The predicted molar refractivity (Wildman–Crippen MR) is 104 cm³/mol. The number of benzene rings is 2.